The Kier molecular flexibility index (Phi) is 4.80. The highest BCUT2D eigenvalue weighted by Crippen LogP contribution is 2.29. The van der Waals surface area contributed by atoms with Crippen LogP contribution in [0.5, 0.6) is 5.75 Å². The van der Waals surface area contributed by atoms with Gasteiger partial charge < -0.3 is 14.2 Å². The summed E-state index contributed by atoms with van der Waals surface area (Å²) in [5.74, 6) is -1.97. The van der Waals surface area contributed by atoms with Crippen molar-refractivity contribution in [2.45, 2.75) is 33.2 Å². The van der Waals surface area contributed by atoms with E-state index < -0.39 is 17.7 Å². The van der Waals surface area contributed by atoms with Crippen molar-refractivity contribution in [3.05, 3.63) is 71.3 Å². The van der Waals surface area contributed by atoms with Gasteiger partial charge in [0, 0.05) is 13.8 Å². The molecule has 26 heavy (non-hydrogen) atoms. The SMILES string of the molecule is CC(=C1C(=O)OC(C)(C)OC1=O)c1cccc(OCc2ccccc2)c1. The molecule has 1 saturated heterocycles. The standard InChI is InChI=1S/C21H20O5/c1-14(18-19(22)25-21(2,3)26-20(18)23)16-10-7-11-17(12-16)24-13-15-8-5-4-6-9-15/h4-12H,13H2,1-3H3. The average Bonchev–Trinajstić information content (AvgIpc) is 2.59. The van der Waals surface area contributed by atoms with Gasteiger partial charge in [-0.05, 0) is 35.8 Å². The Bertz CT molecular complexity index is 843. The van der Waals surface area contributed by atoms with Gasteiger partial charge in [-0.15, -0.1) is 0 Å². The number of hydrogen-bond donors (Lipinski definition) is 0. The number of rotatable bonds is 4. The molecule has 1 heterocycles. The maximum absolute atomic E-state index is 12.2. The summed E-state index contributed by atoms with van der Waals surface area (Å²) in [5, 5.41) is 0. The van der Waals surface area contributed by atoms with E-state index in [2.05, 4.69) is 0 Å². The molecule has 3 rings (SSSR count). The molecule has 0 bridgehead atoms. The molecule has 0 radical (unpaired) electrons. The van der Waals surface area contributed by atoms with Gasteiger partial charge in [0.2, 0.25) is 0 Å². The predicted octanol–water partition coefficient (Wildman–Crippen LogP) is 3.88. The zero-order chi connectivity index (χ0) is 18.7. The van der Waals surface area contributed by atoms with Crippen molar-refractivity contribution in [3.63, 3.8) is 0 Å². The van der Waals surface area contributed by atoms with Crippen molar-refractivity contribution in [2.24, 2.45) is 0 Å². The van der Waals surface area contributed by atoms with Crippen molar-refractivity contribution in [2.75, 3.05) is 0 Å². The normalized spacial score (nSPS) is 15.9. The number of benzene rings is 2. The van der Waals surface area contributed by atoms with Crippen molar-refractivity contribution < 1.29 is 23.8 Å². The Morgan fingerprint density at radius 2 is 1.62 bits per heavy atom. The van der Waals surface area contributed by atoms with E-state index in [1.165, 1.54) is 13.8 Å². The zero-order valence-corrected chi connectivity index (χ0v) is 14.9. The molecule has 134 valence electrons. The molecule has 1 aliphatic heterocycles. The first-order valence-electron chi connectivity index (χ1n) is 8.30. The summed E-state index contributed by atoms with van der Waals surface area (Å²) in [4.78, 5) is 24.4. The molecule has 5 nitrogen and oxygen atoms in total. The Hall–Kier alpha value is -3.08. The fraction of sp³-hybridized carbons (Fsp3) is 0.238. The van der Waals surface area contributed by atoms with Gasteiger partial charge in [0.05, 0.1) is 0 Å². The summed E-state index contributed by atoms with van der Waals surface area (Å²) >= 11 is 0. The van der Waals surface area contributed by atoms with Crippen LogP contribution >= 0.6 is 0 Å². The lowest BCUT2D eigenvalue weighted by molar-refractivity contribution is -0.222. The van der Waals surface area contributed by atoms with Crippen LogP contribution in [0.25, 0.3) is 5.57 Å². The van der Waals surface area contributed by atoms with Crippen LogP contribution in [0.4, 0.5) is 0 Å². The third-order valence-corrected chi connectivity index (χ3v) is 3.98. The second-order valence-corrected chi connectivity index (χ2v) is 6.48. The number of cyclic esters (lactones) is 2. The molecule has 0 saturated carbocycles. The molecule has 0 amide bonds. The largest absolute Gasteiger partial charge is 0.489 e. The van der Waals surface area contributed by atoms with E-state index >= 15 is 0 Å². The van der Waals surface area contributed by atoms with E-state index in [0.29, 0.717) is 23.5 Å². The molecule has 1 aliphatic rings. The summed E-state index contributed by atoms with van der Waals surface area (Å²) in [7, 11) is 0. The van der Waals surface area contributed by atoms with E-state index in [0.717, 1.165) is 5.56 Å². The number of carbonyl (C=O) groups excluding carboxylic acids is 2. The van der Waals surface area contributed by atoms with Crippen molar-refractivity contribution in [1.82, 2.24) is 0 Å². The van der Waals surface area contributed by atoms with Gasteiger partial charge >= 0.3 is 11.9 Å². The van der Waals surface area contributed by atoms with Crippen LogP contribution < -0.4 is 4.74 Å². The summed E-state index contributed by atoms with van der Waals surface area (Å²) in [5.41, 5.74) is 2.14. The summed E-state index contributed by atoms with van der Waals surface area (Å²) in [6, 6.07) is 17.0. The topological polar surface area (TPSA) is 61.8 Å². The number of allylic oxidation sites excluding steroid dienone is 1. The monoisotopic (exact) mass is 352 g/mol. The Morgan fingerprint density at radius 3 is 2.27 bits per heavy atom. The van der Waals surface area contributed by atoms with E-state index in [1.807, 2.05) is 42.5 Å². The lowest BCUT2D eigenvalue weighted by atomic mass is 10.0. The molecule has 0 unspecified atom stereocenters. The van der Waals surface area contributed by atoms with E-state index in [-0.39, 0.29) is 5.57 Å². The summed E-state index contributed by atoms with van der Waals surface area (Å²) in [6.45, 7) is 5.16. The molecule has 0 atom stereocenters. The fourth-order valence-corrected chi connectivity index (χ4v) is 2.66. The third-order valence-electron chi connectivity index (χ3n) is 3.98. The Morgan fingerprint density at radius 1 is 0.962 bits per heavy atom. The van der Waals surface area contributed by atoms with Gasteiger partial charge in [-0.2, -0.15) is 0 Å². The molecule has 0 aliphatic carbocycles. The van der Waals surface area contributed by atoms with E-state index in [1.54, 1.807) is 19.1 Å². The van der Waals surface area contributed by atoms with Gasteiger partial charge in [0.25, 0.3) is 5.79 Å². The number of ether oxygens (including phenoxy) is 3. The minimum absolute atomic E-state index is 0.0930. The second-order valence-electron chi connectivity index (χ2n) is 6.48. The minimum atomic E-state index is -1.25. The maximum Gasteiger partial charge on any atom is 0.349 e. The fourth-order valence-electron chi connectivity index (χ4n) is 2.66. The summed E-state index contributed by atoms with van der Waals surface area (Å²) < 4.78 is 16.1. The molecule has 2 aromatic rings. The highest BCUT2D eigenvalue weighted by molar-refractivity contribution is 6.20. The van der Waals surface area contributed by atoms with Crippen molar-refractivity contribution >= 4 is 17.5 Å². The molecule has 5 heteroatoms. The average molecular weight is 352 g/mol. The van der Waals surface area contributed by atoms with Gasteiger partial charge in [0.1, 0.15) is 17.9 Å². The zero-order valence-electron chi connectivity index (χ0n) is 14.9. The first-order chi connectivity index (χ1) is 12.4. The van der Waals surface area contributed by atoms with Crippen LogP contribution in [0.3, 0.4) is 0 Å². The van der Waals surface area contributed by atoms with Crippen LogP contribution in [-0.2, 0) is 25.7 Å². The van der Waals surface area contributed by atoms with Gasteiger partial charge in [-0.25, -0.2) is 9.59 Å². The van der Waals surface area contributed by atoms with E-state index in [9.17, 15) is 9.59 Å². The molecule has 0 spiro atoms. The number of carbonyl (C=O) groups is 2. The van der Waals surface area contributed by atoms with Gasteiger partial charge in [0.15, 0.2) is 0 Å². The molecular weight excluding hydrogens is 332 g/mol. The lowest BCUT2D eigenvalue weighted by Gasteiger charge is -2.30. The van der Waals surface area contributed by atoms with E-state index in [4.69, 9.17) is 14.2 Å². The van der Waals surface area contributed by atoms with Crippen molar-refractivity contribution in [3.8, 4) is 5.75 Å². The van der Waals surface area contributed by atoms with Crippen LogP contribution in [0.1, 0.15) is 31.9 Å². The first kappa shape index (κ1) is 17.7. The Labute approximate surface area is 152 Å². The van der Waals surface area contributed by atoms with Crippen LogP contribution in [0.2, 0.25) is 0 Å². The smallest absolute Gasteiger partial charge is 0.349 e. The van der Waals surface area contributed by atoms with Crippen molar-refractivity contribution in [1.29, 1.82) is 0 Å². The highest BCUT2D eigenvalue weighted by Gasteiger charge is 2.40. The molecular formula is C21H20O5. The molecule has 0 N–H and O–H groups in total. The Balaban J connectivity index is 1.83. The first-order valence-corrected chi connectivity index (χ1v) is 8.30. The highest BCUT2D eigenvalue weighted by atomic mass is 16.7. The number of hydrogen-bond acceptors (Lipinski definition) is 5. The quantitative estimate of drug-likeness (QED) is 0.475. The molecule has 0 aromatic heterocycles. The summed E-state index contributed by atoms with van der Waals surface area (Å²) in [6.07, 6.45) is 0. The molecule has 2 aromatic carbocycles. The lowest BCUT2D eigenvalue weighted by Crippen LogP contribution is -2.42. The predicted molar refractivity (Wildman–Crippen MR) is 96.1 cm³/mol. The number of esters is 2. The third kappa shape index (κ3) is 3.94. The minimum Gasteiger partial charge on any atom is -0.489 e. The van der Waals surface area contributed by atoms with Gasteiger partial charge in [-0.1, -0.05) is 42.5 Å². The van der Waals surface area contributed by atoms with Crippen LogP contribution in [0.15, 0.2) is 60.2 Å². The molecule has 1 fully saturated rings. The van der Waals surface area contributed by atoms with Gasteiger partial charge in [-0.3, -0.25) is 0 Å². The van der Waals surface area contributed by atoms with Crippen LogP contribution in [-0.4, -0.2) is 17.7 Å². The maximum atomic E-state index is 12.2. The second kappa shape index (κ2) is 7.04. The van der Waals surface area contributed by atoms with Crippen LogP contribution in [0, 0.1) is 0 Å².